The first-order valence-electron chi connectivity index (χ1n) is 11.0. The van der Waals surface area contributed by atoms with Crippen molar-refractivity contribution in [2.75, 3.05) is 26.2 Å². The van der Waals surface area contributed by atoms with E-state index in [9.17, 15) is 18.0 Å². The van der Waals surface area contributed by atoms with Gasteiger partial charge in [-0.05, 0) is 37.0 Å². The first-order valence-corrected chi connectivity index (χ1v) is 12.9. The zero-order valence-corrected chi connectivity index (χ0v) is 19.8. The van der Waals surface area contributed by atoms with Gasteiger partial charge in [-0.15, -0.1) is 0 Å². The average molecular weight is 470 g/mol. The molecule has 2 fully saturated rings. The van der Waals surface area contributed by atoms with Gasteiger partial charge in [0.25, 0.3) is 0 Å². The second-order valence-corrected chi connectivity index (χ2v) is 11.1. The van der Waals surface area contributed by atoms with Crippen molar-refractivity contribution < 1.29 is 18.0 Å². The Morgan fingerprint density at radius 2 is 1.71 bits per heavy atom. The molecular formula is C22H32ClN3O4S. The molecule has 3 rings (SSSR count). The molecule has 1 unspecified atom stereocenters. The predicted molar refractivity (Wildman–Crippen MR) is 120 cm³/mol. The van der Waals surface area contributed by atoms with E-state index in [1.165, 1.54) is 22.9 Å². The Hall–Kier alpha value is -1.64. The van der Waals surface area contributed by atoms with Crippen LogP contribution in [-0.2, 0) is 19.6 Å². The van der Waals surface area contributed by atoms with Crippen molar-refractivity contribution in [3.8, 4) is 0 Å². The summed E-state index contributed by atoms with van der Waals surface area (Å²) in [5, 5.41) is 3.34. The lowest BCUT2D eigenvalue weighted by atomic mass is 9.88. The van der Waals surface area contributed by atoms with E-state index in [0.29, 0.717) is 18.1 Å². The summed E-state index contributed by atoms with van der Waals surface area (Å²) < 4.78 is 27.2. The highest BCUT2D eigenvalue weighted by atomic mass is 35.5. The van der Waals surface area contributed by atoms with Gasteiger partial charge in [0.05, 0.1) is 4.90 Å². The molecule has 1 atom stereocenters. The molecule has 2 amide bonds. The smallest absolute Gasteiger partial charge is 0.245 e. The summed E-state index contributed by atoms with van der Waals surface area (Å²) in [6.07, 6.45) is 5.04. The molecule has 1 heterocycles. The van der Waals surface area contributed by atoms with Crippen LogP contribution >= 0.6 is 11.6 Å². The monoisotopic (exact) mass is 469 g/mol. The Kier molecular flexibility index (Phi) is 7.99. The van der Waals surface area contributed by atoms with Crippen LogP contribution in [0.3, 0.4) is 0 Å². The van der Waals surface area contributed by atoms with E-state index in [1.54, 1.807) is 17.0 Å². The molecule has 31 heavy (non-hydrogen) atoms. The van der Waals surface area contributed by atoms with Crippen molar-refractivity contribution in [1.82, 2.24) is 14.5 Å². The van der Waals surface area contributed by atoms with Crippen LogP contribution in [0.25, 0.3) is 0 Å². The number of carbonyl (C=O) groups excluding carboxylic acids is 2. The largest absolute Gasteiger partial charge is 0.344 e. The first kappa shape index (κ1) is 24.0. The van der Waals surface area contributed by atoms with E-state index in [4.69, 9.17) is 11.6 Å². The van der Waals surface area contributed by atoms with Crippen LogP contribution in [0.4, 0.5) is 0 Å². The van der Waals surface area contributed by atoms with E-state index in [-0.39, 0.29) is 41.6 Å². The molecule has 172 valence electrons. The van der Waals surface area contributed by atoms with Crippen molar-refractivity contribution in [3.05, 3.63) is 29.3 Å². The minimum atomic E-state index is -3.66. The number of halogens is 1. The van der Waals surface area contributed by atoms with Gasteiger partial charge >= 0.3 is 0 Å². The van der Waals surface area contributed by atoms with Gasteiger partial charge in [0.15, 0.2) is 0 Å². The number of piperazine rings is 1. The average Bonchev–Trinajstić information content (AvgIpc) is 2.77. The van der Waals surface area contributed by atoms with Gasteiger partial charge in [0.2, 0.25) is 21.8 Å². The summed E-state index contributed by atoms with van der Waals surface area (Å²) in [5.74, 6) is -0.233. The van der Waals surface area contributed by atoms with Gasteiger partial charge in [0, 0.05) is 37.1 Å². The molecule has 0 radical (unpaired) electrons. The lowest BCUT2D eigenvalue weighted by Crippen LogP contribution is -2.57. The molecule has 1 aromatic carbocycles. The first-order chi connectivity index (χ1) is 14.7. The van der Waals surface area contributed by atoms with Gasteiger partial charge in [-0.2, -0.15) is 4.31 Å². The molecule has 1 saturated heterocycles. The third kappa shape index (κ3) is 5.79. The number of benzene rings is 1. The molecule has 1 aliphatic heterocycles. The highest BCUT2D eigenvalue weighted by molar-refractivity contribution is 7.89. The fraction of sp³-hybridized carbons (Fsp3) is 0.636. The number of hydrogen-bond donors (Lipinski definition) is 1. The van der Waals surface area contributed by atoms with Crippen molar-refractivity contribution in [2.45, 2.75) is 56.9 Å². The number of nitrogens with one attached hydrogen (secondary N) is 1. The molecule has 1 aromatic rings. The van der Waals surface area contributed by atoms with Crippen LogP contribution in [0.2, 0.25) is 5.02 Å². The molecule has 1 N–H and O–H groups in total. The lowest BCUT2D eigenvalue weighted by molar-refractivity contribution is -0.139. The normalized spacial score (nSPS) is 19.9. The topological polar surface area (TPSA) is 86.8 Å². The van der Waals surface area contributed by atoms with Crippen LogP contribution in [0.15, 0.2) is 29.2 Å². The van der Waals surface area contributed by atoms with E-state index in [1.807, 2.05) is 13.8 Å². The van der Waals surface area contributed by atoms with Crippen LogP contribution in [0.1, 0.15) is 46.0 Å². The fourth-order valence-corrected chi connectivity index (χ4v) is 6.00. The number of carbonyl (C=O) groups is 2. The Balaban J connectivity index is 1.61. The minimum absolute atomic E-state index is 0.0116. The molecule has 0 aromatic heterocycles. The molecule has 0 bridgehead atoms. The maximum Gasteiger partial charge on any atom is 0.245 e. The van der Waals surface area contributed by atoms with Crippen molar-refractivity contribution >= 4 is 33.4 Å². The molecule has 1 aliphatic carbocycles. The summed E-state index contributed by atoms with van der Waals surface area (Å²) in [6.45, 7) is 4.85. The number of rotatable bonds is 6. The van der Waals surface area contributed by atoms with Gasteiger partial charge in [-0.1, -0.05) is 50.8 Å². The second kappa shape index (κ2) is 10.3. The molecule has 7 nitrogen and oxygen atoms in total. The highest BCUT2D eigenvalue weighted by Crippen LogP contribution is 2.25. The lowest BCUT2D eigenvalue weighted by Gasteiger charge is -2.37. The molecule has 0 spiro atoms. The molecule has 9 heteroatoms. The zero-order valence-electron chi connectivity index (χ0n) is 18.2. The summed E-state index contributed by atoms with van der Waals surface area (Å²) >= 11 is 5.95. The Bertz CT molecular complexity index is 892. The van der Waals surface area contributed by atoms with Crippen molar-refractivity contribution in [1.29, 1.82) is 0 Å². The Morgan fingerprint density at radius 1 is 1.06 bits per heavy atom. The fourth-order valence-electron chi connectivity index (χ4n) is 4.27. The third-order valence-corrected chi connectivity index (χ3v) is 8.32. The van der Waals surface area contributed by atoms with Crippen molar-refractivity contribution in [3.63, 3.8) is 0 Å². The van der Waals surface area contributed by atoms with Gasteiger partial charge < -0.3 is 10.2 Å². The van der Waals surface area contributed by atoms with Gasteiger partial charge in [0.1, 0.15) is 6.04 Å². The number of amides is 2. The van der Waals surface area contributed by atoms with Crippen LogP contribution in [0, 0.1) is 11.8 Å². The van der Waals surface area contributed by atoms with Crippen molar-refractivity contribution in [2.24, 2.45) is 11.8 Å². The summed E-state index contributed by atoms with van der Waals surface area (Å²) in [7, 11) is -3.66. The standard InChI is InChI=1S/C22H32ClN3O4S/c1-16(2)20(24-21(27)17-7-4-3-5-8-17)22(28)25-11-13-26(14-12-25)31(29,30)19-10-6-9-18(23)15-19/h6,9-10,15-17,20H,3-5,7-8,11-14H2,1-2H3,(H,24,27). The maximum absolute atomic E-state index is 13.2. The van der Waals surface area contributed by atoms with Crippen LogP contribution < -0.4 is 5.32 Å². The third-order valence-electron chi connectivity index (χ3n) is 6.19. The quantitative estimate of drug-likeness (QED) is 0.694. The number of sulfonamides is 1. The molecule has 2 aliphatic rings. The Labute approximate surface area is 190 Å². The van der Waals surface area contributed by atoms with Gasteiger partial charge in [-0.3, -0.25) is 9.59 Å². The predicted octanol–water partition coefficient (Wildman–Crippen LogP) is 2.89. The van der Waals surface area contributed by atoms with Gasteiger partial charge in [-0.25, -0.2) is 8.42 Å². The number of nitrogens with zero attached hydrogens (tertiary/aromatic N) is 2. The zero-order chi connectivity index (χ0) is 22.6. The van der Waals surface area contributed by atoms with Crippen LogP contribution in [0.5, 0.6) is 0 Å². The molecule has 1 saturated carbocycles. The Morgan fingerprint density at radius 3 is 2.29 bits per heavy atom. The number of hydrogen-bond acceptors (Lipinski definition) is 4. The maximum atomic E-state index is 13.2. The molecular weight excluding hydrogens is 438 g/mol. The SMILES string of the molecule is CC(C)C(NC(=O)C1CCCCC1)C(=O)N1CCN(S(=O)(=O)c2cccc(Cl)c2)CC1. The van der Waals surface area contributed by atoms with E-state index < -0.39 is 16.1 Å². The van der Waals surface area contributed by atoms with E-state index in [0.717, 1.165) is 25.7 Å². The summed E-state index contributed by atoms with van der Waals surface area (Å²) in [6, 6.07) is 5.60. The summed E-state index contributed by atoms with van der Waals surface area (Å²) in [5.41, 5.74) is 0. The summed E-state index contributed by atoms with van der Waals surface area (Å²) in [4.78, 5) is 27.7. The second-order valence-electron chi connectivity index (χ2n) is 8.75. The van der Waals surface area contributed by atoms with E-state index in [2.05, 4.69) is 5.32 Å². The van der Waals surface area contributed by atoms with E-state index >= 15 is 0 Å². The van der Waals surface area contributed by atoms with Crippen LogP contribution in [-0.4, -0.2) is 61.7 Å². The highest BCUT2D eigenvalue weighted by Gasteiger charge is 2.35. The minimum Gasteiger partial charge on any atom is -0.344 e.